The van der Waals surface area contributed by atoms with Crippen LogP contribution in [0.25, 0.3) is 11.5 Å². The summed E-state index contributed by atoms with van der Waals surface area (Å²) in [5.74, 6) is 4.04. The number of hydrogen-bond donors (Lipinski definition) is 0. The molecule has 1 aromatic carbocycles. The van der Waals surface area contributed by atoms with E-state index in [1.54, 1.807) is 0 Å². The number of hydrogen-bond acceptors (Lipinski definition) is 5. The molecule has 4 saturated carbocycles. The Morgan fingerprint density at radius 3 is 2.17 bits per heavy atom. The molecule has 0 spiro atoms. The molecule has 5 aliphatic rings. The van der Waals surface area contributed by atoms with Crippen LogP contribution in [0.15, 0.2) is 34.9 Å². The molecule has 1 amide bonds. The van der Waals surface area contributed by atoms with E-state index in [0.29, 0.717) is 17.7 Å². The Morgan fingerprint density at radius 2 is 1.55 bits per heavy atom. The molecule has 152 valence electrons. The van der Waals surface area contributed by atoms with Gasteiger partial charge in [-0.15, -0.1) is 0 Å². The van der Waals surface area contributed by atoms with Crippen LogP contribution in [0.1, 0.15) is 38.5 Å². The summed E-state index contributed by atoms with van der Waals surface area (Å²) in [4.78, 5) is 22.4. The Kier molecular flexibility index (Phi) is 3.96. The van der Waals surface area contributed by atoms with E-state index in [9.17, 15) is 4.79 Å². The molecule has 2 heterocycles. The molecule has 0 atom stereocenters. The fraction of sp³-hybridized carbons (Fsp3) is 0.609. The molecular formula is C23H28N4O2. The van der Waals surface area contributed by atoms with Crippen LogP contribution in [0.2, 0.25) is 0 Å². The summed E-state index contributed by atoms with van der Waals surface area (Å²) >= 11 is 0. The van der Waals surface area contributed by atoms with Gasteiger partial charge in [0.15, 0.2) is 0 Å². The average molecular weight is 393 g/mol. The second-order valence-corrected chi connectivity index (χ2v) is 9.74. The molecule has 0 radical (unpaired) electrons. The summed E-state index contributed by atoms with van der Waals surface area (Å²) in [6.07, 6.45) is 7.56. The molecule has 2 aromatic rings. The Balaban J connectivity index is 1.12. The summed E-state index contributed by atoms with van der Waals surface area (Å²) in [5.41, 5.74) is 0.894. The zero-order valence-electron chi connectivity index (χ0n) is 16.8. The van der Waals surface area contributed by atoms with Crippen molar-refractivity contribution < 1.29 is 9.32 Å². The average Bonchev–Trinajstić information content (AvgIpc) is 3.23. The molecular weight excluding hydrogens is 364 g/mol. The third kappa shape index (κ3) is 2.95. The molecule has 1 saturated heterocycles. The van der Waals surface area contributed by atoms with Crippen molar-refractivity contribution in [3.05, 3.63) is 30.3 Å². The summed E-state index contributed by atoms with van der Waals surface area (Å²) in [6.45, 7) is 3.06. The first kappa shape index (κ1) is 17.5. The number of benzene rings is 1. The van der Waals surface area contributed by atoms with E-state index in [1.165, 1.54) is 19.3 Å². The fourth-order valence-electron chi connectivity index (χ4n) is 6.86. The van der Waals surface area contributed by atoms with Gasteiger partial charge in [0.05, 0.1) is 5.41 Å². The smallest absolute Gasteiger partial charge is 0.266 e. The van der Waals surface area contributed by atoms with Gasteiger partial charge in [0.2, 0.25) is 5.91 Å². The molecule has 4 aliphatic carbocycles. The number of amides is 1. The molecule has 4 bridgehead atoms. The van der Waals surface area contributed by atoms with Crippen LogP contribution in [-0.4, -0.2) is 47.1 Å². The van der Waals surface area contributed by atoms with Crippen molar-refractivity contribution >= 4 is 11.9 Å². The molecule has 29 heavy (non-hydrogen) atoms. The number of nitrogens with zero attached hydrogens (tertiary/aromatic N) is 4. The minimum Gasteiger partial charge on any atom is -0.339 e. The van der Waals surface area contributed by atoms with Gasteiger partial charge in [-0.05, 0) is 73.6 Å². The Morgan fingerprint density at radius 1 is 0.931 bits per heavy atom. The van der Waals surface area contributed by atoms with Gasteiger partial charge in [0.25, 0.3) is 11.8 Å². The first-order valence-corrected chi connectivity index (χ1v) is 11.1. The number of aromatic nitrogens is 2. The van der Waals surface area contributed by atoms with Crippen molar-refractivity contribution in [2.24, 2.45) is 23.2 Å². The van der Waals surface area contributed by atoms with Gasteiger partial charge < -0.3 is 14.3 Å². The predicted molar refractivity (Wildman–Crippen MR) is 109 cm³/mol. The van der Waals surface area contributed by atoms with Gasteiger partial charge in [-0.2, -0.15) is 4.98 Å². The van der Waals surface area contributed by atoms with E-state index < -0.39 is 0 Å². The molecule has 1 aromatic heterocycles. The lowest BCUT2D eigenvalue weighted by Gasteiger charge is -2.57. The monoisotopic (exact) mass is 392 g/mol. The van der Waals surface area contributed by atoms with Crippen molar-refractivity contribution in [3.8, 4) is 11.5 Å². The van der Waals surface area contributed by atoms with Gasteiger partial charge in [-0.1, -0.05) is 18.2 Å². The molecule has 5 fully saturated rings. The van der Waals surface area contributed by atoms with Crippen LogP contribution < -0.4 is 4.90 Å². The SMILES string of the molecule is O=C(N1CCN(c2noc(-c3ccccc3)n2)CC1)C12CC3CC(CC(C3)C1)C2. The van der Waals surface area contributed by atoms with E-state index in [4.69, 9.17) is 4.52 Å². The standard InChI is InChI=1S/C23H28N4O2/c28-21(23-13-16-10-17(14-23)12-18(11-16)15-23)26-6-8-27(9-7-26)22-24-20(29-25-22)19-4-2-1-3-5-19/h1-5,16-18H,6-15H2. The van der Waals surface area contributed by atoms with Crippen LogP contribution in [0.4, 0.5) is 5.95 Å². The van der Waals surface area contributed by atoms with Gasteiger partial charge in [0, 0.05) is 31.7 Å². The topological polar surface area (TPSA) is 62.5 Å². The Bertz CT molecular complexity index is 865. The van der Waals surface area contributed by atoms with E-state index >= 15 is 0 Å². The summed E-state index contributed by atoms with van der Waals surface area (Å²) < 4.78 is 5.46. The number of piperazine rings is 1. The molecule has 6 nitrogen and oxygen atoms in total. The van der Waals surface area contributed by atoms with Crippen molar-refractivity contribution in [2.45, 2.75) is 38.5 Å². The lowest BCUT2D eigenvalue weighted by molar-refractivity contribution is -0.158. The van der Waals surface area contributed by atoms with Crippen molar-refractivity contribution in [1.82, 2.24) is 15.0 Å². The first-order chi connectivity index (χ1) is 14.2. The van der Waals surface area contributed by atoms with Gasteiger partial charge in [-0.25, -0.2) is 0 Å². The highest BCUT2D eigenvalue weighted by Gasteiger charge is 2.55. The third-order valence-electron chi connectivity index (χ3n) is 7.78. The largest absolute Gasteiger partial charge is 0.339 e. The number of anilines is 1. The van der Waals surface area contributed by atoms with Crippen molar-refractivity contribution in [2.75, 3.05) is 31.1 Å². The van der Waals surface area contributed by atoms with Crippen LogP contribution in [0.5, 0.6) is 0 Å². The maximum Gasteiger partial charge on any atom is 0.266 e. The van der Waals surface area contributed by atoms with Gasteiger partial charge in [0.1, 0.15) is 0 Å². The second-order valence-electron chi connectivity index (χ2n) is 9.74. The normalized spacial score (nSPS) is 33.3. The second kappa shape index (κ2) is 6.57. The van der Waals surface area contributed by atoms with E-state index in [1.807, 2.05) is 30.3 Å². The lowest BCUT2D eigenvalue weighted by atomic mass is 9.49. The quantitative estimate of drug-likeness (QED) is 0.799. The number of carbonyl (C=O) groups excluding carboxylic acids is 1. The summed E-state index contributed by atoms with van der Waals surface area (Å²) in [7, 11) is 0. The van der Waals surface area contributed by atoms with E-state index in [2.05, 4.69) is 19.9 Å². The maximum atomic E-state index is 13.5. The molecule has 7 rings (SSSR count). The maximum absolute atomic E-state index is 13.5. The number of carbonyl (C=O) groups is 1. The zero-order valence-corrected chi connectivity index (χ0v) is 16.8. The summed E-state index contributed by atoms with van der Waals surface area (Å²) in [6, 6.07) is 9.85. The molecule has 0 N–H and O–H groups in total. The minimum atomic E-state index is -0.0382. The molecule has 6 heteroatoms. The zero-order chi connectivity index (χ0) is 19.4. The highest BCUT2D eigenvalue weighted by Crippen LogP contribution is 2.60. The van der Waals surface area contributed by atoms with E-state index in [0.717, 1.165) is 68.8 Å². The van der Waals surface area contributed by atoms with Crippen LogP contribution in [0.3, 0.4) is 0 Å². The highest BCUT2D eigenvalue weighted by atomic mass is 16.5. The van der Waals surface area contributed by atoms with Crippen LogP contribution in [-0.2, 0) is 4.79 Å². The van der Waals surface area contributed by atoms with E-state index in [-0.39, 0.29) is 5.41 Å². The lowest BCUT2D eigenvalue weighted by Crippen LogP contribution is -2.58. The Hall–Kier alpha value is -2.37. The third-order valence-corrected chi connectivity index (χ3v) is 7.78. The molecule has 1 aliphatic heterocycles. The van der Waals surface area contributed by atoms with Crippen LogP contribution in [0, 0.1) is 23.2 Å². The van der Waals surface area contributed by atoms with Gasteiger partial charge in [-0.3, -0.25) is 4.79 Å². The van der Waals surface area contributed by atoms with Crippen LogP contribution >= 0.6 is 0 Å². The Labute approximate surface area is 171 Å². The predicted octanol–water partition coefficient (Wildman–Crippen LogP) is 3.60. The van der Waals surface area contributed by atoms with Crippen molar-refractivity contribution in [1.29, 1.82) is 0 Å². The summed E-state index contributed by atoms with van der Waals surface area (Å²) in [5, 5.41) is 4.18. The molecule has 0 unspecified atom stereocenters. The highest BCUT2D eigenvalue weighted by molar-refractivity contribution is 5.83. The minimum absolute atomic E-state index is 0.0382. The fourth-order valence-corrected chi connectivity index (χ4v) is 6.86. The first-order valence-electron chi connectivity index (χ1n) is 11.1. The van der Waals surface area contributed by atoms with Gasteiger partial charge >= 0.3 is 0 Å². The number of rotatable bonds is 3. The van der Waals surface area contributed by atoms with Crippen molar-refractivity contribution in [3.63, 3.8) is 0 Å².